The van der Waals surface area contributed by atoms with Crippen LogP contribution < -0.4 is 5.32 Å². The van der Waals surface area contributed by atoms with Gasteiger partial charge >= 0.3 is 0 Å². The predicted octanol–water partition coefficient (Wildman–Crippen LogP) is -0.463. The molecular formula is C8H18NO2S+. The molecule has 0 aromatic rings. The van der Waals surface area contributed by atoms with Crippen LogP contribution in [0.25, 0.3) is 0 Å². The Bertz CT molecular complexity index is 223. The molecule has 1 heterocycles. The third kappa shape index (κ3) is 3.11. The summed E-state index contributed by atoms with van der Waals surface area (Å²) in [5.74, 6) is 0.803. The minimum atomic E-state index is -2.66. The van der Waals surface area contributed by atoms with Crippen LogP contribution in [0.3, 0.4) is 0 Å². The predicted molar refractivity (Wildman–Crippen MR) is 48.8 cm³/mol. The summed E-state index contributed by atoms with van der Waals surface area (Å²) >= 11 is 0. The molecule has 3 nitrogen and oxygen atoms in total. The fourth-order valence-corrected chi connectivity index (χ4v) is 3.35. The maximum atomic E-state index is 11.1. The molecule has 1 saturated heterocycles. The van der Waals surface area contributed by atoms with Crippen LogP contribution >= 0.6 is 0 Å². The lowest BCUT2D eigenvalue weighted by atomic mass is 10.2. The van der Waals surface area contributed by atoms with Crippen molar-refractivity contribution in [2.75, 3.05) is 18.1 Å². The molecule has 0 amide bonds. The Morgan fingerprint density at radius 2 is 2.25 bits per heavy atom. The van der Waals surface area contributed by atoms with Crippen LogP contribution in [0.1, 0.15) is 26.2 Å². The van der Waals surface area contributed by atoms with Crippen molar-refractivity contribution in [3.8, 4) is 0 Å². The second kappa shape index (κ2) is 4.23. The van der Waals surface area contributed by atoms with Crippen LogP contribution in [0.4, 0.5) is 0 Å². The first kappa shape index (κ1) is 9.99. The first-order valence-corrected chi connectivity index (χ1v) is 6.50. The molecule has 0 aliphatic carbocycles. The van der Waals surface area contributed by atoms with Gasteiger partial charge in [0.15, 0.2) is 9.84 Å². The average Bonchev–Trinajstić information content (AvgIpc) is 2.31. The second-order valence-corrected chi connectivity index (χ2v) is 5.77. The summed E-state index contributed by atoms with van der Waals surface area (Å²) in [4.78, 5) is 0. The number of sulfone groups is 1. The molecule has 0 radical (unpaired) electrons. The highest BCUT2D eigenvalue weighted by Gasteiger charge is 2.29. The fraction of sp³-hybridized carbons (Fsp3) is 1.00. The monoisotopic (exact) mass is 192 g/mol. The molecule has 0 spiro atoms. The number of unbranched alkanes of at least 4 members (excludes halogenated alkanes) is 1. The lowest BCUT2D eigenvalue weighted by Crippen LogP contribution is -2.90. The highest BCUT2D eigenvalue weighted by Crippen LogP contribution is 2.07. The Labute approximate surface area is 74.5 Å². The van der Waals surface area contributed by atoms with Crippen molar-refractivity contribution in [3.05, 3.63) is 0 Å². The zero-order valence-corrected chi connectivity index (χ0v) is 8.44. The van der Waals surface area contributed by atoms with E-state index in [0.29, 0.717) is 17.5 Å². The van der Waals surface area contributed by atoms with Gasteiger partial charge in [-0.2, -0.15) is 0 Å². The zero-order chi connectivity index (χ0) is 9.03. The summed E-state index contributed by atoms with van der Waals surface area (Å²) in [7, 11) is -2.66. The first-order valence-electron chi connectivity index (χ1n) is 4.68. The van der Waals surface area contributed by atoms with Crippen molar-refractivity contribution < 1.29 is 13.7 Å². The minimum absolute atomic E-state index is 0.349. The topological polar surface area (TPSA) is 50.8 Å². The van der Waals surface area contributed by atoms with Gasteiger partial charge in [-0.15, -0.1) is 0 Å². The molecule has 12 heavy (non-hydrogen) atoms. The minimum Gasteiger partial charge on any atom is -0.343 e. The summed E-state index contributed by atoms with van der Waals surface area (Å²) in [5, 5.41) is 2.19. The number of nitrogens with two attached hydrogens (primary N) is 1. The van der Waals surface area contributed by atoms with E-state index in [0.717, 1.165) is 13.0 Å². The van der Waals surface area contributed by atoms with E-state index in [1.807, 2.05) is 0 Å². The second-order valence-electron chi connectivity index (χ2n) is 3.54. The van der Waals surface area contributed by atoms with E-state index >= 15 is 0 Å². The quantitative estimate of drug-likeness (QED) is 0.613. The van der Waals surface area contributed by atoms with Crippen LogP contribution in [0.2, 0.25) is 0 Å². The molecule has 0 unspecified atom stereocenters. The lowest BCUT2D eigenvalue weighted by Gasteiger charge is -2.05. The van der Waals surface area contributed by atoms with Gasteiger partial charge in [0.1, 0.15) is 11.8 Å². The van der Waals surface area contributed by atoms with Gasteiger partial charge in [0.25, 0.3) is 0 Å². The molecule has 72 valence electrons. The van der Waals surface area contributed by atoms with E-state index < -0.39 is 9.84 Å². The van der Waals surface area contributed by atoms with Gasteiger partial charge in [0.05, 0.1) is 12.3 Å². The largest absolute Gasteiger partial charge is 0.343 e. The smallest absolute Gasteiger partial charge is 0.156 e. The SMILES string of the molecule is CCCC[NH2+][C@@H]1CCS(=O)(=O)C1. The molecular weight excluding hydrogens is 174 g/mol. The third-order valence-electron chi connectivity index (χ3n) is 2.33. The van der Waals surface area contributed by atoms with Crippen molar-refractivity contribution in [2.45, 2.75) is 32.2 Å². The average molecular weight is 192 g/mol. The van der Waals surface area contributed by atoms with Crippen LogP contribution in [0.15, 0.2) is 0 Å². The first-order chi connectivity index (χ1) is 5.64. The van der Waals surface area contributed by atoms with Gasteiger partial charge in [0.2, 0.25) is 0 Å². The molecule has 1 atom stereocenters. The Morgan fingerprint density at radius 3 is 2.75 bits per heavy atom. The molecule has 0 bridgehead atoms. The summed E-state index contributed by atoms with van der Waals surface area (Å²) < 4.78 is 22.1. The highest BCUT2D eigenvalue weighted by molar-refractivity contribution is 7.91. The van der Waals surface area contributed by atoms with Gasteiger partial charge in [-0.25, -0.2) is 8.42 Å². The lowest BCUT2D eigenvalue weighted by molar-refractivity contribution is -0.684. The number of rotatable bonds is 4. The fourth-order valence-electron chi connectivity index (χ4n) is 1.57. The number of quaternary nitrogens is 1. The molecule has 1 rings (SSSR count). The zero-order valence-electron chi connectivity index (χ0n) is 7.62. The van der Waals surface area contributed by atoms with Gasteiger partial charge in [0, 0.05) is 6.42 Å². The molecule has 1 fully saturated rings. The van der Waals surface area contributed by atoms with Crippen LogP contribution in [0.5, 0.6) is 0 Å². The molecule has 1 aliphatic rings. The molecule has 2 N–H and O–H groups in total. The van der Waals surface area contributed by atoms with Crippen molar-refractivity contribution in [3.63, 3.8) is 0 Å². The van der Waals surface area contributed by atoms with Crippen molar-refractivity contribution in [2.24, 2.45) is 0 Å². The summed E-state index contributed by atoms with van der Waals surface area (Å²) in [5.41, 5.74) is 0. The summed E-state index contributed by atoms with van der Waals surface area (Å²) in [6.45, 7) is 3.23. The van der Waals surface area contributed by atoms with Crippen LogP contribution in [0, 0.1) is 0 Å². The maximum Gasteiger partial charge on any atom is 0.156 e. The summed E-state index contributed by atoms with van der Waals surface area (Å²) in [6, 6.07) is 0.349. The highest BCUT2D eigenvalue weighted by atomic mass is 32.2. The Balaban J connectivity index is 2.20. The summed E-state index contributed by atoms with van der Waals surface area (Å²) in [6.07, 6.45) is 3.23. The normalized spacial score (nSPS) is 27.6. The number of hydrogen-bond acceptors (Lipinski definition) is 2. The molecule has 0 saturated carbocycles. The van der Waals surface area contributed by atoms with Crippen molar-refractivity contribution >= 4 is 9.84 Å². The van der Waals surface area contributed by atoms with Gasteiger partial charge < -0.3 is 5.32 Å². The Kier molecular flexibility index (Phi) is 3.53. The molecule has 0 aromatic heterocycles. The Morgan fingerprint density at radius 1 is 1.50 bits per heavy atom. The van der Waals surface area contributed by atoms with E-state index in [2.05, 4.69) is 12.2 Å². The third-order valence-corrected chi connectivity index (χ3v) is 4.12. The van der Waals surface area contributed by atoms with Crippen molar-refractivity contribution in [1.82, 2.24) is 0 Å². The van der Waals surface area contributed by atoms with E-state index in [-0.39, 0.29) is 0 Å². The van der Waals surface area contributed by atoms with E-state index in [1.165, 1.54) is 12.8 Å². The van der Waals surface area contributed by atoms with Crippen LogP contribution in [-0.4, -0.2) is 32.5 Å². The number of hydrogen-bond donors (Lipinski definition) is 1. The van der Waals surface area contributed by atoms with E-state index in [9.17, 15) is 8.42 Å². The maximum absolute atomic E-state index is 11.1. The standard InChI is InChI=1S/C8H17NO2S/c1-2-3-5-9-8-4-6-12(10,11)7-8/h8-9H,2-7H2,1H3/p+1/t8-/m1/s1. The molecule has 0 aromatic carbocycles. The van der Waals surface area contributed by atoms with Crippen LogP contribution in [-0.2, 0) is 9.84 Å². The van der Waals surface area contributed by atoms with E-state index in [1.54, 1.807) is 0 Å². The van der Waals surface area contributed by atoms with E-state index in [4.69, 9.17) is 0 Å². The molecule has 4 heteroatoms. The molecule has 1 aliphatic heterocycles. The Hall–Kier alpha value is -0.0900. The van der Waals surface area contributed by atoms with Crippen molar-refractivity contribution in [1.29, 1.82) is 0 Å². The van der Waals surface area contributed by atoms with Gasteiger partial charge in [-0.3, -0.25) is 0 Å². The van der Waals surface area contributed by atoms with Gasteiger partial charge in [-0.05, 0) is 6.42 Å². The van der Waals surface area contributed by atoms with Gasteiger partial charge in [-0.1, -0.05) is 13.3 Å².